The Hall–Kier alpha value is -2.31. The van der Waals surface area contributed by atoms with Gasteiger partial charge >= 0.3 is 12.1 Å². The number of carbonyl (C=O) groups is 3. The Morgan fingerprint density at radius 2 is 1.67 bits per heavy atom. The van der Waals surface area contributed by atoms with Crippen molar-refractivity contribution in [3.8, 4) is 0 Å². The summed E-state index contributed by atoms with van der Waals surface area (Å²) in [6.45, 7) is 20.3. The highest BCUT2D eigenvalue weighted by Crippen LogP contribution is 2.26. The summed E-state index contributed by atoms with van der Waals surface area (Å²) in [6.07, 6.45) is 2.68. The summed E-state index contributed by atoms with van der Waals surface area (Å²) in [4.78, 5) is 39.4. The molecule has 2 amide bonds. The van der Waals surface area contributed by atoms with Crippen molar-refractivity contribution in [1.82, 2.24) is 10.2 Å². The van der Waals surface area contributed by atoms with E-state index < -0.39 is 29.1 Å². The average Bonchev–Trinajstić information content (AvgIpc) is 2.61. The SMILES string of the molecule is C=CC(C)(C)C(NC(=O)OC(C)(C)C)C(=O)N(C)[C@H](/C=C(\C)C(=O)OCC)C(C)C. The van der Waals surface area contributed by atoms with Gasteiger partial charge in [0.1, 0.15) is 11.6 Å². The van der Waals surface area contributed by atoms with E-state index in [1.54, 1.807) is 58.7 Å². The lowest BCUT2D eigenvalue weighted by Gasteiger charge is -2.38. The molecule has 0 aliphatic rings. The van der Waals surface area contributed by atoms with Crippen molar-refractivity contribution < 1.29 is 23.9 Å². The minimum absolute atomic E-state index is 0.0253. The summed E-state index contributed by atoms with van der Waals surface area (Å²) in [6, 6.07) is -1.27. The van der Waals surface area contributed by atoms with Crippen molar-refractivity contribution in [1.29, 1.82) is 0 Å². The highest BCUT2D eigenvalue weighted by atomic mass is 16.6. The number of hydrogen-bond acceptors (Lipinski definition) is 5. The number of likely N-dealkylation sites (N-methyl/N-ethyl adjacent to an activating group) is 1. The number of esters is 1. The fourth-order valence-electron chi connectivity index (χ4n) is 2.78. The third-order valence-corrected chi connectivity index (χ3v) is 4.67. The molecule has 0 saturated heterocycles. The van der Waals surface area contributed by atoms with Crippen LogP contribution in [0.2, 0.25) is 0 Å². The van der Waals surface area contributed by atoms with Crippen LogP contribution >= 0.6 is 0 Å². The number of rotatable bonds is 9. The first-order chi connectivity index (χ1) is 13.6. The number of hydrogen-bond donors (Lipinski definition) is 1. The number of alkyl carbamates (subject to hydrolysis) is 1. The van der Waals surface area contributed by atoms with Crippen molar-refractivity contribution in [3.05, 3.63) is 24.3 Å². The van der Waals surface area contributed by atoms with Crippen LogP contribution in [0.15, 0.2) is 24.3 Å². The van der Waals surface area contributed by atoms with Crippen molar-refractivity contribution in [2.24, 2.45) is 11.3 Å². The van der Waals surface area contributed by atoms with E-state index in [1.807, 2.05) is 27.7 Å². The Morgan fingerprint density at radius 1 is 1.13 bits per heavy atom. The highest BCUT2D eigenvalue weighted by molar-refractivity contribution is 5.89. The molecule has 1 unspecified atom stereocenters. The minimum Gasteiger partial charge on any atom is -0.463 e. The van der Waals surface area contributed by atoms with Gasteiger partial charge in [-0.15, -0.1) is 6.58 Å². The highest BCUT2D eigenvalue weighted by Gasteiger charge is 2.39. The molecule has 30 heavy (non-hydrogen) atoms. The molecule has 172 valence electrons. The molecule has 0 aromatic rings. The summed E-state index contributed by atoms with van der Waals surface area (Å²) in [5, 5.41) is 2.70. The largest absolute Gasteiger partial charge is 0.463 e. The van der Waals surface area contributed by atoms with E-state index in [0.29, 0.717) is 5.57 Å². The van der Waals surface area contributed by atoms with Crippen LogP contribution in [0.25, 0.3) is 0 Å². The van der Waals surface area contributed by atoms with E-state index in [-0.39, 0.29) is 24.5 Å². The molecule has 0 rings (SSSR count). The molecule has 0 heterocycles. The monoisotopic (exact) mass is 424 g/mol. The van der Waals surface area contributed by atoms with Crippen LogP contribution in [-0.2, 0) is 19.1 Å². The molecule has 0 fully saturated rings. The summed E-state index contributed by atoms with van der Waals surface area (Å²) in [5.74, 6) is -0.700. The number of carbonyl (C=O) groups excluding carboxylic acids is 3. The fraction of sp³-hybridized carbons (Fsp3) is 0.696. The van der Waals surface area contributed by atoms with Crippen LogP contribution in [0.3, 0.4) is 0 Å². The second kappa shape index (κ2) is 11.2. The Balaban J connectivity index is 5.87. The summed E-state index contributed by atoms with van der Waals surface area (Å²) < 4.78 is 10.4. The molecule has 7 heteroatoms. The molecule has 7 nitrogen and oxygen atoms in total. The van der Waals surface area contributed by atoms with Crippen molar-refractivity contribution in [2.75, 3.05) is 13.7 Å². The van der Waals surface area contributed by atoms with Crippen molar-refractivity contribution >= 4 is 18.0 Å². The van der Waals surface area contributed by atoms with E-state index in [2.05, 4.69) is 11.9 Å². The number of amides is 2. The summed E-state index contributed by atoms with van der Waals surface area (Å²) >= 11 is 0. The normalized spacial score (nSPS) is 14.6. The van der Waals surface area contributed by atoms with E-state index in [4.69, 9.17) is 9.47 Å². The number of ether oxygens (including phenoxy) is 2. The predicted molar refractivity (Wildman–Crippen MR) is 119 cm³/mol. The second-order valence-corrected chi connectivity index (χ2v) is 9.36. The molecule has 0 aliphatic heterocycles. The zero-order valence-corrected chi connectivity index (χ0v) is 20.3. The van der Waals surface area contributed by atoms with E-state index in [1.165, 1.54) is 0 Å². The zero-order valence-electron chi connectivity index (χ0n) is 20.3. The van der Waals surface area contributed by atoms with Crippen LogP contribution < -0.4 is 5.32 Å². The van der Waals surface area contributed by atoms with E-state index >= 15 is 0 Å². The zero-order chi connectivity index (χ0) is 23.9. The molecule has 0 aliphatic carbocycles. The van der Waals surface area contributed by atoms with Gasteiger partial charge in [-0.2, -0.15) is 0 Å². The van der Waals surface area contributed by atoms with Gasteiger partial charge in [0.25, 0.3) is 0 Å². The van der Waals surface area contributed by atoms with Crippen LogP contribution in [0.4, 0.5) is 4.79 Å². The van der Waals surface area contributed by atoms with Gasteiger partial charge < -0.3 is 19.7 Å². The van der Waals surface area contributed by atoms with E-state index in [9.17, 15) is 14.4 Å². The maximum absolute atomic E-state index is 13.4. The fourth-order valence-corrected chi connectivity index (χ4v) is 2.78. The molecule has 0 spiro atoms. The molecule has 0 radical (unpaired) electrons. The van der Waals surface area contributed by atoms with Gasteiger partial charge in [0, 0.05) is 18.0 Å². The first kappa shape index (κ1) is 27.7. The molecule has 0 aromatic carbocycles. The third-order valence-electron chi connectivity index (χ3n) is 4.67. The lowest BCUT2D eigenvalue weighted by molar-refractivity contribution is -0.139. The van der Waals surface area contributed by atoms with Gasteiger partial charge in [0.2, 0.25) is 5.91 Å². The quantitative estimate of drug-likeness (QED) is 0.342. The predicted octanol–water partition coefficient (Wildman–Crippen LogP) is 4.08. The molecule has 1 N–H and O–H groups in total. The Labute approximate surface area is 181 Å². The smallest absolute Gasteiger partial charge is 0.408 e. The van der Waals surface area contributed by atoms with Gasteiger partial charge in [-0.3, -0.25) is 4.79 Å². The van der Waals surface area contributed by atoms with Crippen LogP contribution in [-0.4, -0.2) is 54.2 Å². The van der Waals surface area contributed by atoms with Gasteiger partial charge in [0.15, 0.2) is 0 Å². The molecular weight excluding hydrogens is 384 g/mol. The number of nitrogens with zero attached hydrogens (tertiary/aromatic N) is 1. The Kier molecular flexibility index (Phi) is 10.3. The lowest BCUT2D eigenvalue weighted by Crippen LogP contribution is -2.57. The van der Waals surface area contributed by atoms with Gasteiger partial charge in [-0.05, 0) is 40.5 Å². The minimum atomic E-state index is -0.896. The maximum atomic E-state index is 13.4. The number of nitrogens with one attached hydrogen (secondary N) is 1. The molecule has 0 bridgehead atoms. The van der Waals surface area contributed by atoms with Gasteiger partial charge in [0.05, 0.1) is 12.6 Å². The van der Waals surface area contributed by atoms with Gasteiger partial charge in [-0.1, -0.05) is 39.8 Å². The molecule has 0 aromatic heterocycles. The standard InChI is InChI=1S/C23H40N2O5/c1-12-23(9,10)18(24-21(28)30-22(6,7)8)19(26)25(11)17(15(3)4)14-16(5)20(27)29-13-2/h12,14-15,17-18H,1,13H2,2-11H3,(H,24,28)/b16-14+/t17-,18?/m1/s1. The van der Waals surface area contributed by atoms with Crippen molar-refractivity contribution in [3.63, 3.8) is 0 Å². The third kappa shape index (κ3) is 8.59. The summed E-state index contributed by atoms with van der Waals surface area (Å²) in [5.41, 5.74) is -0.999. The first-order valence-electron chi connectivity index (χ1n) is 10.3. The van der Waals surface area contributed by atoms with Crippen LogP contribution in [0.5, 0.6) is 0 Å². The second-order valence-electron chi connectivity index (χ2n) is 9.36. The van der Waals surface area contributed by atoms with Crippen molar-refractivity contribution in [2.45, 2.75) is 80.0 Å². The Morgan fingerprint density at radius 3 is 2.07 bits per heavy atom. The molecular formula is C23H40N2O5. The average molecular weight is 425 g/mol. The van der Waals surface area contributed by atoms with E-state index in [0.717, 1.165) is 0 Å². The Bertz CT molecular complexity index is 659. The lowest BCUT2D eigenvalue weighted by atomic mass is 9.83. The maximum Gasteiger partial charge on any atom is 0.408 e. The topological polar surface area (TPSA) is 84.9 Å². The van der Waals surface area contributed by atoms with Gasteiger partial charge in [-0.25, -0.2) is 9.59 Å². The first-order valence-corrected chi connectivity index (χ1v) is 10.3. The van der Waals surface area contributed by atoms with Crippen LogP contribution in [0, 0.1) is 11.3 Å². The molecule has 0 saturated carbocycles. The van der Waals surface area contributed by atoms with Crippen LogP contribution in [0.1, 0.15) is 62.3 Å². The molecule has 2 atom stereocenters. The summed E-state index contributed by atoms with van der Waals surface area (Å²) in [7, 11) is 1.66.